The Balaban J connectivity index is 1.75. The zero-order valence-corrected chi connectivity index (χ0v) is 16.3. The molecule has 1 aliphatic heterocycles. The van der Waals surface area contributed by atoms with Crippen molar-refractivity contribution >= 4 is 5.91 Å². The molecule has 1 aliphatic rings. The topological polar surface area (TPSA) is 83.9 Å². The summed E-state index contributed by atoms with van der Waals surface area (Å²) in [6.45, 7) is 1.20. The van der Waals surface area contributed by atoms with E-state index in [4.69, 9.17) is 9.47 Å². The molecule has 3 rings (SSSR count). The van der Waals surface area contributed by atoms with Crippen molar-refractivity contribution in [2.45, 2.75) is 12.3 Å². The number of β-amino-alcohol motifs (C(OH)–C–C–N with tert-alkyl or cyclic N) is 1. The maximum Gasteiger partial charge on any atom is 0.416 e. The normalized spacial score (nSPS) is 16.1. The quantitative estimate of drug-likeness (QED) is 0.706. The molecule has 0 spiro atoms. The molecule has 1 aromatic carbocycles. The number of ether oxygens (including phenoxy) is 2. The van der Waals surface area contributed by atoms with Gasteiger partial charge < -0.3 is 19.9 Å². The standard InChI is InChI=1S/C20H22F3N3O4/c1-29-19-8-13(2-3-25-19)14-6-15(20(21,22)23)9-17(7-14)30-12-16(27)10-26-5-4-24-18(28)11-26/h2-3,6-9,16,27H,4-5,10-12H2,1H3,(H,24,28). The Labute approximate surface area is 171 Å². The molecular formula is C20H22F3N3O4. The van der Waals surface area contributed by atoms with E-state index in [9.17, 15) is 23.1 Å². The predicted octanol–water partition coefficient (Wildman–Crippen LogP) is 1.95. The third-order valence-electron chi connectivity index (χ3n) is 4.54. The minimum Gasteiger partial charge on any atom is -0.491 e. The van der Waals surface area contributed by atoms with E-state index >= 15 is 0 Å². The molecule has 2 N–H and O–H groups in total. The minimum atomic E-state index is -4.56. The molecule has 30 heavy (non-hydrogen) atoms. The van der Waals surface area contributed by atoms with Gasteiger partial charge in [-0.15, -0.1) is 0 Å². The lowest BCUT2D eigenvalue weighted by molar-refractivity contribution is -0.137. The molecule has 2 heterocycles. The van der Waals surface area contributed by atoms with Crippen molar-refractivity contribution in [3.63, 3.8) is 0 Å². The number of carbonyl (C=O) groups is 1. The fourth-order valence-corrected chi connectivity index (χ4v) is 3.10. The lowest BCUT2D eigenvalue weighted by Gasteiger charge is -2.28. The molecule has 1 unspecified atom stereocenters. The summed E-state index contributed by atoms with van der Waals surface area (Å²) in [4.78, 5) is 17.1. The monoisotopic (exact) mass is 425 g/mol. The lowest BCUT2D eigenvalue weighted by atomic mass is 10.0. The van der Waals surface area contributed by atoms with E-state index in [2.05, 4.69) is 10.3 Å². The first kappa shape index (κ1) is 21.8. The van der Waals surface area contributed by atoms with E-state index in [0.717, 1.165) is 12.1 Å². The summed E-state index contributed by atoms with van der Waals surface area (Å²) in [6.07, 6.45) is -4.09. The van der Waals surface area contributed by atoms with Crippen molar-refractivity contribution in [2.75, 3.05) is 39.9 Å². The maximum absolute atomic E-state index is 13.4. The van der Waals surface area contributed by atoms with Crippen molar-refractivity contribution in [1.29, 1.82) is 0 Å². The number of hydrogen-bond acceptors (Lipinski definition) is 6. The summed E-state index contributed by atoms with van der Waals surface area (Å²) in [6, 6.07) is 6.46. The van der Waals surface area contributed by atoms with E-state index in [1.54, 1.807) is 11.0 Å². The van der Waals surface area contributed by atoms with Crippen LogP contribution in [-0.4, -0.2) is 66.9 Å². The molecule has 7 nitrogen and oxygen atoms in total. The highest BCUT2D eigenvalue weighted by atomic mass is 19.4. The number of amides is 1. The molecule has 1 atom stereocenters. The second kappa shape index (κ2) is 9.31. The Morgan fingerprint density at radius 2 is 2.07 bits per heavy atom. The van der Waals surface area contributed by atoms with Crippen molar-refractivity contribution < 1.29 is 32.5 Å². The predicted molar refractivity (Wildman–Crippen MR) is 102 cm³/mol. The average Bonchev–Trinajstić information content (AvgIpc) is 2.71. The second-order valence-corrected chi connectivity index (χ2v) is 6.88. The zero-order valence-electron chi connectivity index (χ0n) is 16.3. The molecule has 1 aromatic heterocycles. The highest BCUT2D eigenvalue weighted by molar-refractivity contribution is 5.78. The van der Waals surface area contributed by atoms with Crippen LogP contribution in [0.3, 0.4) is 0 Å². The van der Waals surface area contributed by atoms with Gasteiger partial charge in [-0.3, -0.25) is 9.69 Å². The van der Waals surface area contributed by atoms with E-state index in [1.807, 2.05) is 0 Å². The molecule has 2 aromatic rings. The molecular weight excluding hydrogens is 403 g/mol. The van der Waals surface area contributed by atoms with Crippen molar-refractivity contribution in [1.82, 2.24) is 15.2 Å². The number of hydrogen-bond donors (Lipinski definition) is 2. The van der Waals surface area contributed by atoms with Crippen molar-refractivity contribution in [3.05, 3.63) is 42.1 Å². The Morgan fingerprint density at radius 3 is 2.77 bits per heavy atom. The molecule has 0 bridgehead atoms. The van der Waals surface area contributed by atoms with E-state index in [1.165, 1.54) is 25.4 Å². The minimum absolute atomic E-state index is 0.0222. The van der Waals surface area contributed by atoms with Crippen LogP contribution in [0.15, 0.2) is 36.5 Å². The van der Waals surface area contributed by atoms with Gasteiger partial charge in [0.1, 0.15) is 18.5 Å². The first-order chi connectivity index (χ1) is 14.2. The average molecular weight is 425 g/mol. The molecule has 0 aliphatic carbocycles. The second-order valence-electron chi connectivity index (χ2n) is 6.88. The summed E-state index contributed by atoms with van der Waals surface area (Å²) in [5.41, 5.74) is -0.103. The maximum atomic E-state index is 13.4. The van der Waals surface area contributed by atoms with E-state index in [0.29, 0.717) is 18.7 Å². The van der Waals surface area contributed by atoms with Crippen molar-refractivity contribution in [2.24, 2.45) is 0 Å². The molecule has 1 fully saturated rings. The number of aliphatic hydroxyl groups excluding tert-OH is 1. The molecule has 1 saturated heterocycles. The van der Waals surface area contributed by atoms with Gasteiger partial charge in [-0.1, -0.05) is 0 Å². The number of aromatic nitrogens is 1. The molecule has 0 saturated carbocycles. The lowest BCUT2D eigenvalue weighted by Crippen LogP contribution is -2.50. The number of carbonyl (C=O) groups excluding carboxylic acids is 1. The van der Waals surface area contributed by atoms with Crippen LogP contribution in [0.4, 0.5) is 13.2 Å². The number of alkyl halides is 3. The van der Waals surface area contributed by atoms with Gasteiger partial charge in [0.05, 0.1) is 19.2 Å². The van der Waals surface area contributed by atoms with Gasteiger partial charge in [-0.05, 0) is 35.4 Å². The molecule has 0 radical (unpaired) electrons. The number of piperazine rings is 1. The first-order valence-corrected chi connectivity index (χ1v) is 9.27. The Hall–Kier alpha value is -2.85. The number of nitrogens with one attached hydrogen (secondary N) is 1. The van der Waals surface area contributed by atoms with Crippen LogP contribution >= 0.6 is 0 Å². The van der Waals surface area contributed by atoms with Crippen LogP contribution in [0.5, 0.6) is 11.6 Å². The number of aliphatic hydroxyl groups is 1. The number of methoxy groups -OCH3 is 1. The van der Waals surface area contributed by atoms with Gasteiger partial charge in [-0.25, -0.2) is 4.98 Å². The third-order valence-corrected chi connectivity index (χ3v) is 4.54. The van der Waals surface area contributed by atoms with Crippen molar-refractivity contribution in [3.8, 4) is 22.8 Å². The Bertz CT molecular complexity index is 892. The van der Waals surface area contributed by atoms with Gasteiger partial charge in [-0.2, -0.15) is 13.2 Å². The number of pyridine rings is 1. The van der Waals surface area contributed by atoms with Crippen LogP contribution in [0, 0.1) is 0 Å². The summed E-state index contributed by atoms with van der Waals surface area (Å²) in [5, 5.41) is 12.9. The van der Waals surface area contributed by atoms with Gasteiger partial charge in [0.15, 0.2) is 0 Å². The van der Waals surface area contributed by atoms with Crippen LogP contribution in [0.2, 0.25) is 0 Å². The molecule has 162 valence electrons. The highest BCUT2D eigenvalue weighted by Crippen LogP contribution is 2.36. The van der Waals surface area contributed by atoms with E-state index < -0.39 is 17.8 Å². The third kappa shape index (κ3) is 5.83. The SMILES string of the molecule is COc1cc(-c2cc(OCC(O)CN3CCNC(=O)C3)cc(C(F)(F)F)c2)ccn1. The van der Waals surface area contributed by atoms with Crippen LogP contribution in [0.1, 0.15) is 5.56 Å². The molecule has 1 amide bonds. The van der Waals surface area contributed by atoms with Gasteiger partial charge >= 0.3 is 6.18 Å². The summed E-state index contributed by atoms with van der Waals surface area (Å²) in [5.74, 6) is 0.115. The highest BCUT2D eigenvalue weighted by Gasteiger charge is 2.31. The number of rotatable bonds is 7. The summed E-state index contributed by atoms with van der Waals surface area (Å²) >= 11 is 0. The summed E-state index contributed by atoms with van der Waals surface area (Å²) in [7, 11) is 1.42. The van der Waals surface area contributed by atoms with Crippen LogP contribution in [-0.2, 0) is 11.0 Å². The van der Waals surface area contributed by atoms with Gasteiger partial charge in [0.2, 0.25) is 11.8 Å². The Kier molecular flexibility index (Phi) is 6.78. The Morgan fingerprint density at radius 1 is 1.27 bits per heavy atom. The first-order valence-electron chi connectivity index (χ1n) is 9.27. The largest absolute Gasteiger partial charge is 0.491 e. The summed E-state index contributed by atoms with van der Waals surface area (Å²) < 4.78 is 50.6. The smallest absolute Gasteiger partial charge is 0.416 e. The number of benzene rings is 1. The van der Waals surface area contributed by atoms with E-state index in [-0.39, 0.29) is 42.8 Å². The van der Waals surface area contributed by atoms with Crippen LogP contribution in [0.25, 0.3) is 11.1 Å². The van der Waals surface area contributed by atoms with Crippen LogP contribution < -0.4 is 14.8 Å². The number of halogens is 3. The fourth-order valence-electron chi connectivity index (χ4n) is 3.10. The number of nitrogens with zero attached hydrogens (tertiary/aromatic N) is 2. The van der Waals surface area contributed by atoms with Gasteiger partial charge in [0.25, 0.3) is 0 Å². The van der Waals surface area contributed by atoms with Gasteiger partial charge in [0, 0.05) is 31.9 Å². The molecule has 10 heteroatoms. The zero-order chi connectivity index (χ0) is 21.7. The fraction of sp³-hybridized carbons (Fsp3) is 0.400.